The minimum atomic E-state index is -0.388. The highest BCUT2D eigenvalue weighted by Crippen LogP contribution is 2.20. The Morgan fingerprint density at radius 1 is 1.20 bits per heavy atom. The smallest absolute Gasteiger partial charge is 0.290 e. The average Bonchev–Trinajstić information content (AvgIpc) is 3.28. The van der Waals surface area contributed by atoms with E-state index in [0.29, 0.717) is 17.2 Å². The third-order valence-corrected chi connectivity index (χ3v) is 3.58. The summed E-state index contributed by atoms with van der Waals surface area (Å²) in [4.78, 5) is 12.2. The Bertz CT molecular complexity index is 893. The molecule has 0 bridgehead atoms. The first-order chi connectivity index (χ1) is 12.1. The van der Waals surface area contributed by atoms with E-state index in [0.717, 1.165) is 17.1 Å². The number of nitrogens with zero attached hydrogens (tertiary/aromatic N) is 1. The normalized spacial score (nSPS) is 10.3. The molecule has 3 rings (SSSR count). The zero-order valence-electron chi connectivity index (χ0n) is 13.9. The minimum absolute atomic E-state index is 0.235. The van der Waals surface area contributed by atoms with Crippen LogP contribution in [0.5, 0.6) is 5.75 Å². The molecule has 128 valence electrons. The molecule has 0 saturated heterocycles. The van der Waals surface area contributed by atoms with E-state index in [-0.39, 0.29) is 11.6 Å². The van der Waals surface area contributed by atoms with Gasteiger partial charge in [0.1, 0.15) is 17.2 Å². The Morgan fingerprint density at radius 3 is 2.60 bits per heavy atom. The van der Waals surface area contributed by atoms with Gasteiger partial charge >= 0.3 is 0 Å². The fraction of sp³-hybridized carbons (Fsp3) is 0.111. The summed E-state index contributed by atoms with van der Waals surface area (Å²) in [6.45, 7) is 5.74. The van der Waals surface area contributed by atoms with Gasteiger partial charge in [-0.3, -0.25) is 20.7 Å². The fourth-order valence-electron chi connectivity index (χ4n) is 2.20. The van der Waals surface area contributed by atoms with E-state index >= 15 is 0 Å². The number of furan rings is 1. The van der Waals surface area contributed by atoms with Gasteiger partial charge < -0.3 is 9.15 Å². The number of carbonyl (C=O) groups excluding carboxylic acids is 1. The van der Waals surface area contributed by atoms with Gasteiger partial charge in [0.25, 0.3) is 5.91 Å². The van der Waals surface area contributed by atoms with Gasteiger partial charge in [-0.15, -0.1) is 0 Å². The number of amides is 1. The van der Waals surface area contributed by atoms with E-state index in [1.54, 1.807) is 13.2 Å². The Labute approximate surface area is 144 Å². The number of nitrogens with one attached hydrogen (secondary N) is 3. The lowest BCUT2D eigenvalue weighted by atomic mass is 10.2. The molecule has 25 heavy (non-hydrogen) atoms. The van der Waals surface area contributed by atoms with Crippen LogP contribution in [-0.4, -0.2) is 23.2 Å². The summed E-state index contributed by atoms with van der Waals surface area (Å²) in [6.07, 6.45) is 0. The number of hydrogen-bond donors (Lipinski definition) is 3. The van der Waals surface area contributed by atoms with Crippen LogP contribution in [0.2, 0.25) is 0 Å². The second kappa shape index (κ2) is 6.96. The van der Waals surface area contributed by atoms with Gasteiger partial charge in [0.2, 0.25) is 0 Å². The van der Waals surface area contributed by atoms with Crippen LogP contribution in [0.15, 0.2) is 53.5 Å². The molecular formula is C18H18N4O3. The predicted octanol–water partition coefficient (Wildman–Crippen LogP) is 2.89. The summed E-state index contributed by atoms with van der Waals surface area (Å²) in [5.74, 6) is 1.77. The molecule has 1 aromatic carbocycles. The van der Waals surface area contributed by atoms with Crippen LogP contribution in [0.1, 0.15) is 21.8 Å². The van der Waals surface area contributed by atoms with Crippen molar-refractivity contribution < 1.29 is 13.9 Å². The number of aromatic nitrogens is 2. The molecule has 0 saturated carbocycles. The largest absolute Gasteiger partial charge is 0.497 e. The molecule has 1 amide bonds. The number of H-pyrrole nitrogens is 1. The van der Waals surface area contributed by atoms with Crippen molar-refractivity contribution in [3.63, 3.8) is 0 Å². The maximum atomic E-state index is 12.2. The average molecular weight is 338 g/mol. The molecule has 2 heterocycles. The summed E-state index contributed by atoms with van der Waals surface area (Å²) in [5.41, 5.74) is 7.58. The number of benzene rings is 1. The second-order valence-corrected chi connectivity index (χ2v) is 5.36. The standard InChI is InChI=1S/C18H18N4O3/c1-11-4-9-17(25-11)15-10-16(21-20-15)18(23)22-19-12(2)13-5-7-14(24-3)8-6-13/h4-10,19H,2H2,1,3H3,(H,20,21)(H,22,23). The van der Waals surface area contributed by atoms with Crippen molar-refractivity contribution in [2.75, 3.05) is 7.11 Å². The first-order valence-electron chi connectivity index (χ1n) is 7.58. The molecule has 2 aromatic heterocycles. The van der Waals surface area contributed by atoms with Crippen molar-refractivity contribution >= 4 is 11.6 Å². The maximum Gasteiger partial charge on any atom is 0.290 e. The molecule has 0 fully saturated rings. The van der Waals surface area contributed by atoms with Crippen molar-refractivity contribution in [3.05, 3.63) is 66.1 Å². The van der Waals surface area contributed by atoms with Crippen molar-refractivity contribution in [3.8, 4) is 17.2 Å². The lowest BCUT2D eigenvalue weighted by Gasteiger charge is -2.10. The molecular weight excluding hydrogens is 320 g/mol. The molecule has 0 unspecified atom stereocenters. The van der Waals surface area contributed by atoms with Gasteiger partial charge in [-0.1, -0.05) is 6.58 Å². The fourth-order valence-corrected chi connectivity index (χ4v) is 2.20. The zero-order chi connectivity index (χ0) is 17.8. The van der Waals surface area contributed by atoms with Crippen LogP contribution in [0, 0.1) is 6.92 Å². The van der Waals surface area contributed by atoms with E-state index < -0.39 is 0 Å². The quantitative estimate of drug-likeness (QED) is 0.601. The lowest BCUT2D eigenvalue weighted by Crippen LogP contribution is -2.36. The highest BCUT2D eigenvalue weighted by atomic mass is 16.5. The summed E-state index contributed by atoms with van der Waals surface area (Å²) < 4.78 is 10.6. The second-order valence-electron chi connectivity index (χ2n) is 5.36. The number of rotatable bonds is 6. The number of hydrazine groups is 1. The van der Waals surface area contributed by atoms with Gasteiger partial charge in [-0.05, 0) is 48.9 Å². The molecule has 7 heteroatoms. The number of aryl methyl sites for hydroxylation is 1. The Hall–Kier alpha value is -3.48. The maximum absolute atomic E-state index is 12.2. The Morgan fingerprint density at radius 2 is 1.96 bits per heavy atom. The monoisotopic (exact) mass is 338 g/mol. The van der Waals surface area contributed by atoms with Gasteiger partial charge in [0, 0.05) is 6.07 Å². The summed E-state index contributed by atoms with van der Waals surface area (Å²) in [7, 11) is 1.60. The first kappa shape index (κ1) is 16.4. The molecule has 7 nitrogen and oxygen atoms in total. The van der Waals surface area contributed by atoms with Crippen LogP contribution in [0.25, 0.3) is 17.2 Å². The Balaban J connectivity index is 1.60. The van der Waals surface area contributed by atoms with E-state index in [1.807, 2.05) is 43.3 Å². The van der Waals surface area contributed by atoms with Crippen molar-refractivity contribution in [2.45, 2.75) is 6.92 Å². The van der Waals surface area contributed by atoms with E-state index in [4.69, 9.17) is 9.15 Å². The summed E-state index contributed by atoms with van der Waals surface area (Å²) in [5, 5.41) is 6.77. The SMILES string of the molecule is C=C(NNC(=O)c1cc(-c2ccc(C)o2)[nH]n1)c1ccc(OC)cc1. The number of carbonyl (C=O) groups is 1. The van der Waals surface area contributed by atoms with Crippen molar-refractivity contribution in [1.82, 2.24) is 21.0 Å². The van der Waals surface area contributed by atoms with Crippen molar-refractivity contribution in [2.24, 2.45) is 0 Å². The molecule has 3 N–H and O–H groups in total. The number of aromatic amines is 1. The molecule has 0 atom stereocenters. The first-order valence-corrected chi connectivity index (χ1v) is 7.58. The number of ether oxygens (including phenoxy) is 1. The summed E-state index contributed by atoms with van der Waals surface area (Å²) >= 11 is 0. The van der Waals surface area contributed by atoms with E-state index in [2.05, 4.69) is 27.6 Å². The summed E-state index contributed by atoms with van der Waals surface area (Å²) in [6, 6.07) is 12.6. The topological polar surface area (TPSA) is 92.2 Å². The highest BCUT2D eigenvalue weighted by Gasteiger charge is 2.13. The van der Waals surface area contributed by atoms with Gasteiger partial charge in [0.15, 0.2) is 11.5 Å². The minimum Gasteiger partial charge on any atom is -0.497 e. The number of methoxy groups -OCH3 is 1. The zero-order valence-corrected chi connectivity index (χ0v) is 13.9. The van der Waals surface area contributed by atoms with Crippen LogP contribution >= 0.6 is 0 Å². The van der Waals surface area contributed by atoms with Gasteiger partial charge in [0.05, 0.1) is 12.8 Å². The molecule has 0 spiro atoms. The molecule has 0 aliphatic carbocycles. The van der Waals surface area contributed by atoms with E-state index in [1.165, 1.54) is 0 Å². The highest BCUT2D eigenvalue weighted by molar-refractivity contribution is 5.93. The third-order valence-electron chi connectivity index (χ3n) is 3.58. The van der Waals surface area contributed by atoms with E-state index in [9.17, 15) is 4.79 Å². The third kappa shape index (κ3) is 3.72. The lowest BCUT2D eigenvalue weighted by molar-refractivity contribution is 0.0937. The predicted molar refractivity (Wildman–Crippen MR) is 93.7 cm³/mol. The van der Waals surface area contributed by atoms with Gasteiger partial charge in [-0.2, -0.15) is 5.10 Å². The molecule has 0 aliphatic heterocycles. The molecule has 0 aliphatic rings. The van der Waals surface area contributed by atoms with Gasteiger partial charge in [-0.25, -0.2) is 0 Å². The Kier molecular flexibility index (Phi) is 4.56. The van der Waals surface area contributed by atoms with Crippen molar-refractivity contribution in [1.29, 1.82) is 0 Å². The number of hydrogen-bond acceptors (Lipinski definition) is 5. The molecule has 0 radical (unpaired) electrons. The van der Waals surface area contributed by atoms with Crippen LogP contribution < -0.4 is 15.6 Å². The van der Waals surface area contributed by atoms with Crippen LogP contribution in [-0.2, 0) is 0 Å². The van der Waals surface area contributed by atoms with Crippen LogP contribution in [0.3, 0.4) is 0 Å². The van der Waals surface area contributed by atoms with Crippen LogP contribution in [0.4, 0.5) is 0 Å². The molecule has 3 aromatic rings.